The van der Waals surface area contributed by atoms with Crippen molar-refractivity contribution in [3.05, 3.63) is 68.9 Å². The minimum atomic E-state index is -0.712. The van der Waals surface area contributed by atoms with E-state index in [4.69, 9.17) is 4.74 Å². The summed E-state index contributed by atoms with van der Waals surface area (Å²) in [4.78, 5) is 0. The van der Waals surface area contributed by atoms with Gasteiger partial charge >= 0.3 is 0 Å². The predicted octanol–water partition coefficient (Wildman–Crippen LogP) is 3.39. The molecule has 1 atom stereocenters. The molecule has 0 saturated heterocycles. The van der Waals surface area contributed by atoms with E-state index in [1.54, 1.807) is 4.68 Å². The summed E-state index contributed by atoms with van der Waals surface area (Å²) in [5.74, 6) is 1.54. The van der Waals surface area contributed by atoms with Crippen molar-refractivity contribution in [1.82, 2.24) is 20.2 Å². The van der Waals surface area contributed by atoms with Crippen molar-refractivity contribution >= 4 is 15.9 Å². The van der Waals surface area contributed by atoms with Crippen LogP contribution >= 0.6 is 15.9 Å². The van der Waals surface area contributed by atoms with E-state index in [-0.39, 0.29) is 13.2 Å². The van der Waals surface area contributed by atoms with Gasteiger partial charge in [-0.05, 0) is 65.6 Å². The van der Waals surface area contributed by atoms with Gasteiger partial charge in [-0.15, -0.1) is 5.10 Å². The molecular formula is C20H23BrN4O2. The Balaban J connectivity index is 1.62. The molecule has 1 aromatic heterocycles. The normalized spacial score (nSPS) is 12.2. The molecule has 0 fully saturated rings. The van der Waals surface area contributed by atoms with E-state index in [2.05, 4.69) is 37.5 Å². The molecule has 7 heteroatoms. The third-order valence-corrected chi connectivity index (χ3v) is 5.09. The highest BCUT2D eigenvalue weighted by atomic mass is 79.9. The van der Waals surface area contributed by atoms with Crippen LogP contribution in [0.4, 0.5) is 0 Å². The van der Waals surface area contributed by atoms with Gasteiger partial charge in [0, 0.05) is 10.9 Å². The van der Waals surface area contributed by atoms with E-state index >= 15 is 0 Å². The van der Waals surface area contributed by atoms with Crippen LogP contribution in [0.3, 0.4) is 0 Å². The molecule has 1 heterocycles. The Morgan fingerprint density at radius 1 is 1.07 bits per heavy atom. The van der Waals surface area contributed by atoms with Crippen molar-refractivity contribution in [2.75, 3.05) is 6.61 Å². The molecule has 0 aliphatic carbocycles. The van der Waals surface area contributed by atoms with Gasteiger partial charge in [0.15, 0.2) is 5.82 Å². The molecule has 3 aromatic rings. The van der Waals surface area contributed by atoms with Gasteiger partial charge < -0.3 is 9.84 Å². The van der Waals surface area contributed by atoms with Crippen LogP contribution in [0.15, 0.2) is 40.9 Å². The molecule has 0 spiro atoms. The fraction of sp³-hybridized carbons (Fsp3) is 0.350. The monoisotopic (exact) mass is 430 g/mol. The standard InChI is InChI=1S/C20H23BrN4O2/c1-13-4-5-14(2)20(15(13)3)27-12-18(26)11-25-19(22-23-24-25)10-16-6-8-17(21)9-7-16/h4-9,18,26H,10-12H2,1-3H3. The maximum Gasteiger partial charge on any atom is 0.155 e. The molecule has 1 N–H and O–H groups in total. The number of halogens is 1. The van der Waals surface area contributed by atoms with E-state index in [1.807, 2.05) is 51.1 Å². The molecule has 0 aliphatic heterocycles. The molecule has 0 amide bonds. The van der Waals surface area contributed by atoms with Crippen LogP contribution in [0.5, 0.6) is 5.75 Å². The number of rotatable bonds is 7. The zero-order valence-corrected chi connectivity index (χ0v) is 17.3. The molecule has 6 nitrogen and oxygen atoms in total. The minimum Gasteiger partial charge on any atom is -0.490 e. The van der Waals surface area contributed by atoms with E-state index in [0.717, 1.165) is 26.9 Å². The molecule has 142 valence electrons. The molecule has 27 heavy (non-hydrogen) atoms. The second kappa shape index (κ2) is 8.63. The molecule has 0 saturated carbocycles. The zero-order chi connectivity index (χ0) is 19.4. The van der Waals surface area contributed by atoms with E-state index in [9.17, 15) is 5.11 Å². The first-order chi connectivity index (χ1) is 12.9. The molecule has 2 aromatic carbocycles. The second-order valence-electron chi connectivity index (χ2n) is 6.70. The SMILES string of the molecule is Cc1ccc(C)c(OCC(O)Cn2nnnc2Cc2ccc(Br)cc2)c1C. The number of aryl methyl sites for hydroxylation is 2. The van der Waals surface area contributed by atoms with Crippen molar-refractivity contribution in [2.24, 2.45) is 0 Å². The Morgan fingerprint density at radius 2 is 1.78 bits per heavy atom. The number of benzene rings is 2. The van der Waals surface area contributed by atoms with Crippen molar-refractivity contribution in [3.8, 4) is 5.75 Å². The van der Waals surface area contributed by atoms with Gasteiger partial charge in [-0.1, -0.05) is 40.2 Å². The van der Waals surface area contributed by atoms with Gasteiger partial charge in [0.2, 0.25) is 0 Å². The van der Waals surface area contributed by atoms with Gasteiger partial charge in [0.1, 0.15) is 18.5 Å². The average Bonchev–Trinajstić information content (AvgIpc) is 3.07. The quantitative estimate of drug-likeness (QED) is 0.621. The molecule has 0 aliphatic rings. The van der Waals surface area contributed by atoms with Crippen LogP contribution in [0.25, 0.3) is 0 Å². The third kappa shape index (κ3) is 4.93. The Bertz CT molecular complexity index is 909. The largest absolute Gasteiger partial charge is 0.490 e. The Hall–Kier alpha value is -2.25. The maximum atomic E-state index is 10.4. The predicted molar refractivity (Wildman–Crippen MR) is 107 cm³/mol. The number of aromatic nitrogens is 4. The lowest BCUT2D eigenvalue weighted by molar-refractivity contribution is 0.0874. The number of aliphatic hydroxyl groups excluding tert-OH is 1. The van der Waals surface area contributed by atoms with Crippen LogP contribution in [-0.2, 0) is 13.0 Å². The third-order valence-electron chi connectivity index (χ3n) is 4.56. The second-order valence-corrected chi connectivity index (χ2v) is 7.61. The van der Waals surface area contributed by atoms with Crippen molar-refractivity contribution in [2.45, 2.75) is 39.8 Å². The van der Waals surface area contributed by atoms with E-state index in [1.165, 1.54) is 5.56 Å². The summed E-state index contributed by atoms with van der Waals surface area (Å²) in [6.07, 6.45) is -0.110. The summed E-state index contributed by atoms with van der Waals surface area (Å²) in [6.45, 7) is 6.55. The summed E-state index contributed by atoms with van der Waals surface area (Å²) in [5, 5.41) is 22.2. The molecule has 3 rings (SSSR count). The molecule has 1 unspecified atom stereocenters. The van der Waals surface area contributed by atoms with Crippen LogP contribution in [0.1, 0.15) is 28.1 Å². The van der Waals surface area contributed by atoms with Gasteiger partial charge in [-0.2, -0.15) is 0 Å². The van der Waals surface area contributed by atoms with Crippen molar-refractivity contribution in [3.63, 3.8) is 0 Å². The number of nitrogens with zero attached hydrogens (tertiary/aromatic N) is 4. The lowest BCUT2D eigenvalue weighted by Gasteiger charge is -2.17. The van der Waals surface area contributed by atoms with Gasteiger partial charge in [0.25, 0.3) is 0 Å². The van der Waals surface area contributed by atoms with Crippen LogP contribution < -0.4 is 4.74 Å². The summed E-state index contributed by atoms with van der Waals surface area (Å²) < 4.78 is 8.55. The number of ether oxygens (including phenoxy) is 1. The highest BCUT2D eigenvalue weighted by Crippen LogP contribution is 2.25. The number of aliphatic hydroxyl groups is 1. The van der Waals surface area contributed by atoms with Crippen LogP contribution in [0, 0.1) is 20.8 Å². The van der Waals surface area contributed by atoms with E-state index < -0.39 is 6.10 Å². The lowest BCUT2D eigenvalue weighted by Crippen LogP contribution is -2.25. The smallest absolute Gasteiger partial charge is 0.155 e. The van der Waals surface area contributed by atoms with Gasteiger partial charge in [0.05, 0.1) is 6.54 Å². The molecule has 0 radical (unpaired) electrons. The van der Waals surface area contributed by atoms with Crippen molar-refractivity contribution < 1.29 is 9.84 Å². The topological polar surface area (TPSA) is 73.1 Å². The Morgan fingerprint density at radius 3 is 2.52 bits per heavy atom. The van der Waals surface area contributed by atoms with Gasteiger partial charge in [-0.3, -0.25) is 0 Å². The molecular weight excluding hydrogens is 408 g/mol. The maximum absolute atomic E-state index is 10.4. The number of hydrogen-bond acceptors (Lipinski definition) is 5. The fourth-order valence-corrected chi connectivity index (χ4v) is 3.12. The summed E-state index contributed by atoms with van der Waals surface area (Å²) >= 11 is 3.43. The van der Waals surface area contributed by atoms with E-state index in [0.29, 0.717) is 12.2 Å². The highest BCUT2D eigenvalue weighted by Gasteiger charge is 2.14. The summed E-state index contributed by atoms with van der Waals surface area (Å²) in [7, 11) is 0. The first-order valence-electron chi connectivity index (χ1n) is 8.81. The molecule has 0 bridgehead atoms. The first-order valence-corrected chi connectivity index (χ1v) is 9.60. The highest BCUT2D eigenvalue weighted by molar-refractivity contribution is 9.10. The average molecular weight is 431 g/mol. The Labute approximate surface area is 167 Å². The van der Waals surface area contributed by atoms with Crippen molar-refractivity contribution in [1.29, 1.82) is 0 Å². The van der Waals surface area contributed by atoms with Crippen LogP contribution in [0.2, 0.25) is 0 Å². The zero-order valence-electron chi connectivity index (χ0n) is 15.7. The minimum absolute atomic E-state index is 0.183. The fourth-order valence-electron chi connectivity index (χ4n) is 2.86. The van der Waals surface area contributed by atoms with Crippen LogP contribution in [-0.4, -0.2) is 38.0 Å². The van der Waals surface area contributed by atoms with Gasteiger partial charge in [-0.25, -0.2) is 4.68 Å². The first kappa shape index (κ1) is 19.5. The summed E-state index contributed by atoms with van der Waals surface area (Å²) in [6, 6.07) is 12.1. The number of hydrogen-bond donors (Lipinski definition) is 1. The number of tetrazole rings is 1. The Kier molecular flexibility index (Phi) is 6.23. The lowest BCUT2D eigenvalue weighted by atomic mass is 10.1. The summed E-state index contributed by atoms with van der Waals surface area (Å²) in [5.41, 5.74) is 4.43.